The van der Waals surface area contributed by atoms with Crippen molar-refractivity contribution in [3.05, 3.63) is 30.7 Å². The highest BCUT2D eigenvalue weighted by atomic mass is 32.2. The molecule has 10 nitrogen and oxygen atoms in total. The second-order valence-corrected chi connectivity index (χ2v) is 7.90. The lowest BCUT2D eigenvalue weighted by molar-refractivity contribution is -0.116. The summed E-state index contributed by atoms with van der Waals surface area (Å²) in [6.07, 6.45) is 2.68. The first-order chi connectivity index (χ1) is 13.0. The summed E-state index contributed by atoms with van der Waals surface area (Å²) >= 11 is 0. The van der Waals surface area contributed by atoms with Gasteiger partial charge in [0.05, 0.1) is 19.5 Å². The third-order valence-electron chi connectivity index (χ3n) is 4.17. The number of fused-ring (bicyclic) bond motifs is 1. The molecule has 0 unspecified atom stereocenters. The summed E-state index contributed by atoms with van der Waals surface area (Å²) in [6, 6.07) is 5.08. The molecule has 0 aliphatic carbocycles. The van der Waals surface area contributed by atoms with Crippen LogP contribution in [0.15, 0.2) is 35.7 Å². The summed E-state index contributed by atoms with van der Waals surface area (Å²) in [7, 11) is -3.68. The van der Waals surface area contributed by atoms with E-state index in [4.69, 9.17) is 14.2 Å². The highest BCUT2D eigenvalue weighted by Gasteiger charge is 2.28. The smallest absolute Gasteiger partial charge is 0.262 e. The predicted molar refractivity (Wildman–Crippen MR) is 93.0 cm³/mol. The molecule has 11 heteroatoms. The number of imidazole rings is 1. The van der Waals surface area contributed by atoms with Crippen LogP contribution in [0.4, 0.5) is 5.69 Å². The van der Waals surface area contributed by atoms with Gasteiger partial charge in [0.1, 0.15) is 6.54 Å². The minimum Gasteiger partial charge on any atom is -0.454 e. The van der Waals surface area contributed by atoms with Gasteiger partial charge in [-0.2, -0.15) is 4.31 Å². The number of aromatic nitrogens is 2. The molecule has 1 amide bonds. The molecule has 1 aromatic carbocycles. The molecule has 0 saturated carbocycles. The Morgan fingerprint density at radius 2 is 1.96 bits per heavy atom. The van der Waals surface area contributed by atoms with Gasteiger partial charge in [-0.15, -0.1) is 0 Å². The molecular weight excluding hydrogens is 376 g/mol. The third kappa shape index (κ3) is 3.75. The second-order valence-electron chi connectivity index (χ2n) is 6.02. The van der Waals surface area contributed by atoms with Gasteiger partial charge in [0, 0.05) is 31.0 Å². The first kappa shape index (κ1) is 17.8. The first-order valence-electron chi connectivity index (χ1n) is 8.31. The van der Waals surface area contributed by atoms with E-state index >= 15 is 0 Å². The summed E-state index contributed by atoms with van der Waals surface area (Å²) in [5, 5.41) is 2.65. The predicted octanol–water partition coefficient (Wildman–Crippen LogP) is 0.271. The Labute approximate surface area is 155 Å². The Morgan fingerprint density at radius 1 is 1.19 bits per heavy atom. The van der Waals surface area contributed by atoms with E-state index in [0.717, 1.165) is 0 Å². The molecule has 27 heavy (non-hydrogen) atoms. The normalized spacial score (nSPS) is 17.0. The average molecular weight is 394 g/mol. The topological polar surface area (TPSA) is 112 Å². The van der Waals surface area contributed by atoms with Crippen LogP contribution in [0, 0.1) is 0 Å². The second kappa shape index (κ2) is 7.18. The molecule has 0 spiro atoms. The number of morpholine rings is 1. The van der Waals surface area contributed by atoms with E-state index < -0.39 is 10.0 Å². The quantitative estimate of drug-likeness (QED) is 0.775. The molecule has 3 heterocycles. The molecule has 1 aromatic heterocycles. The number of carbonyl (C=O) groups excluding carboxylic acids is 1. The Morgan fingerprint density at radius 3 is 2.78 bits per heavy atom. The molecule has 1 fully saturated rings. The fourth-order valence-electron chi connectivity index (χ4n) is 2.82. The van der Waals surface area contributed by atoms with Crippen molar-refractivity contribution in [1.82, 2.24) is 13.9 Å². The number of hydrogen-bond acceptors (Lipinski definition) is 7. The van der Waals surface area contributed by atoms with Gasteiger partial charge in [0.15, 0.2) is 16.5 Å². The van der Waals surface area contributed by atoms with Crippen molar-refractivity contribution >= 4 is 21.6 Å². The summed E-state index contributed by atoms with van der Waals surface area (Å²) in [4.78, 5) is 16.2. The number of carbonyl (C=O) groups is 1. The third-order valence-corrected chi connectivity index (χ3v) is 5.95. The highest BCUT2D eigenvalue weighted by molar-refractivity contribution is 7.89. The largest absolute Gasteiger partial charge is 0.454 e. The maximum absolute atomic E-state index is 12.6. The van der Waals surface area contributed by atoms with E-state index in [1.807, 2.05) is 0 Å². The molecule has 2 aliphatic rings. The van der Waals surface area contributed by atoms with Crippen LogP contribution in [0.1, 0.15) is 0 Å². The van der Waals surface area contributed by atoms with Crippen LogP contribution in [0.3, 0.4) is 0 Å². The van der Waals surface area contributed by atoms with Crippen molar-refractivity contribution < 1.29 is 27.4 Å². The number of sulfonamides is 1. The summed E-state index contributed by atoms with van der Waals surface area (Å²) < 4.78 is 43.5. The van der Waals surface area contributed by atoms with E-state index in [1.165, 1.54) is 21.4 Å². The maximum Gasteiger partial charge on any atom is 0.262 e. The van der Waals surface area contributed by atoms with Crippen molar-refractivity contribution in [2.45, 2.75) is 11.6 Å². The van der Waals surface area contributed by atoms with Crippen LogP contribution in [0.25, 0.3) is 0 Å². The van der Waals surface area contributed by atoms with Gasteiger partial charge >= 0.3 is 0 Å². The summed E-state index contributed by atoms with van der Waals surface area (Å²) in [5.41, 5.74) is 0.561. The van der Waals surface area contributed by atoms with E-state index in [-0.39, 0.29) is 24.3 Å². The van der Waals surface area contributed by atoms with Gasteiger partial charge in [0.25, 0.3) is 10.0 Å². The van der Waals surface area contributed by atoms with Crippen LogP contribution in [0.5, 0.6) is 11.5 Å². The van der Waals surface area contributed by atoms with Crippen LogP contribution >= 0.6 is 0 Å². The number of hydrogen-bond donors (Lipinski definition) is 1. The minimum atomic E-state index is -3.68. The first-order valence-corrected chi connectivity index (χ1v) is 9.75. The van der Waals surface area contributed by atoms with Crippen molar-refractivity contribution in [1.29, 1.82) is 0 Å². The molecular formula is C16H18N4O6S. The molecule has 1 saturated heterocycles. The number of nitrogens with zero attached hydrogens (tertiary/aromatic N) is 3. The lowest BCUT2D eigenvalue weighted by atomic mass is 10.3. The minimum absolute atomic E-state index is 0.0694. The fraction of sp³-hybridized carbons (Fsp3) is 0.375. The number of anilines is 1. The molecule has 4 rings (SSSR count). The molecule has 2 aliphatic heterocycles. The van der Waals surface area contributed by atoms with E-state index in [1.54, 1.807) is 18.2 Å². The molecule has 0 bridgehead atoms. The average Bonchev–Trinajstić information content (AvgIpc) is 3.31. The Kier molecular flexibility index (Phi) is 4.72. The maximum atomic E-state index is 12.6. The standard InChI is InChI=1S/C16H18N4O6S/c21-15(18-12-1-2-13-14(7-12)26-11-25-13)8-19-9-16(17-10-19)27(22,23)20-3-5-24-6-4-20/h1-2,7,9-10H,3-6,8,11H2,(H,18,21). The lowest BCUT2D eigenvalue weighted by Gasteiger charge is -2.24. The van der Waals surface area contributed by atoms with Crippen LogP contribution < -0.4 is 14.8 Å². The van der Waals surface area contributed by atoms with Crippen LogP contribution in [-0.4, -0.2) is 61.3 Å². The van der Waals surface area contributed by atoms with Crippen molar-refractivity contribution in [2.75, 3.05) is 38.4 Å². The van der Waals surface area contributed by atoms with Gasteiger partial charge in [0.2, 0.25) is 12.7 Å². The van der Waals surface area contributed by atoms with Gasteiger partial charge in [-0.1, -0.05) is 0 Å². The Balaban J connectivity index is 1.40. The van der Waals surface area contributed by atoms with Crippen molar-refractivity contribution in [3.63, 3.8) is 0 Å². The molecule has 0 radical (unpaired) electrons. The van der Waals surface area contributed by atoms with Crippen molar-refractivity contribution in [3.8, 4) is 11.5 Å². The van der Waals surface area contributed by atoms with Crippen LogP contribution in [0.2, 0.25) is 0 Å². The summed E-state index contributed by atoms with van der Waals surface area (Å²) in [6.45, 7) is 1.39. The van der Waals surface area contributed by atoms with Crippen molar-refractivity contribution in [2.24, 2.45) is 0 Å². The highest BCUT2D eigenvalue weighted by Crippen LogP contribution is 2.34. The van der Waals surface area contributed by atoms with E-state index in [2.05, 4.69) is 10.3 Å². The lowest BCUT2D eigenvalue weighted by Crippen LogP contribution is -2.40. The molecule has 144 valence electrons. The zero-order valence-electron chi connectivity index (χ0n) is 14.3. The number of amides is 1. The SMILES string of the molecule is O=C(Cn1cnc(S(=O)(=O)N2CCOCC2)c1)Nc1ccc2c(c1)OCO2. The van der Waals surface area contributed by atoms with E-state index in [9.17, 15) is 13.2 Å². The molecule has 0 atom stereocenters. The molecule has 1 N–H and O–H groups in total. The Hall–Kier alpha value is -2.63. The van der Waals surface area contributed by atoms with Gasteiger partial charge < -0.3 is 24.1 Å². The fourth-order valence-corrected chi connectivity index (χ4v) is 4.16. The number of benzene rings is 1. The number of ether oxygens (including phenoxy) is 3. The van der Waals surface area contributed by atoms with Gasteiger partial charge in [-0.05, 0) is 12.1 Å². The van der Waals surface area contributed by atoms with Crippen LogP contribution in [-0.2, 0) is 26.1 Å². The monoisotopic (exact) mass is 394 g/mol. The number of rotatable bonds is 5. The Bertz CT molecular complexity index is 952. The van der Waals surface area contributed by atoms with Gasteiger partial charge in [-0.3, -0.25) is 4.79 Å². The molecule has 2 aromatic rings. The summed E-state index contributed by atoms with van der Waals surface area (Å²) in [5.74, 6) is 0.872. The van der Waals surface area contributed by atoms with E-state index in [0.29, 0.717) is 43.5 Å². The zero-order chi connectivity index (χ0) is 18.9. The van der Waals surface area contributed by atoms with Gasteiger partial charge in [-0.25, -0.2) is 13.4 Å². The number of nitrogens with one attached hydrogen (secondary N) is 1. The zero-order valence-corrected chi connectivity index (χ0v) is 15.1.